The minimum absolute atomic E-state index is 0.0237. The van der Waals surface area contributed by atoms with Gasteiger partial charge < -0.3 is 10.0 Å². The summed E-state index contributed by atoms with van der Waals surface area (Å²) in [5.74, 6) is 0.213. The lowest BCUT2D eigenvalue weighted by Gasteiger charge is -2.30. The fourth-order valence-electron chi connectivity index (χ4n) is 2.80. The molecule has 1 aliphatic rings. The summed E-state index contributed by atoms with van der Waals surface area (Å²) < 4.78 is 0.967. The van der Waals surface area contributed by atoms with Crippen molar-refractivity contribution in [3.63, 3.8) is 0 Å². The van der Waals surface area contributed by atoms with E-state index < -0.39 is 0 Å². The van der Waals surface area contributed by atoms with E-state index in [1.807, 2.05) is 36.4 Å². The molecule has 4 heteroatoms. The second-order valence-electron chi connectivity index (χ2n) is 5.24. The third-order valence-electron chi connectivity index (χ3n) is 3.74. The normalized spacial score (nSPS) is 13.9. The van der Waals surface area contributed by atoms with Crippen LogP contribution in [0.1, 0.15) is 17.5 Å². The van der Waals surface area contributed by atoms with Gasteiger partial charge in [0.15, 0.2) is 0 Å². The first-order chi connectivity index (χ1) is 10.1. The summed E-state index contributed by atoms with van der Waals surface area (Å²) in [6.45, 7) is 0.664. The number of aryl methyl sites for hydroxylation is 1. The molecule has 0 saturated heterocycles. The van der Waals surface area contributed by atoms with Crippen LogP contribution < -0.4 is 4.90 Å². The number of benzene rings is 2. The van der Waals surface area contributed by atoms with E-state index in [0.29, 0.717) is 18.7 Å². The maximum atomic E-state index is 12.6. The molecule has 0 saturated carbocycles. The molecule has 0 fully saturated rings. The van der Waals surface area contributed by atoms with Crippen molar-refractivity contribution >= 4 is 27.5 Å². The van der Waals surface area contributed by atoms with Crippen LogP contribution >= 0.6 is 15.9 Å². The number of carbonyl (C=O) groups is 1. The van der Waals surface area contributed by atoms with Crippen molar-refractivity contribution in [3.05, 3.63) is 58.1 Å². The molecule has 108 valence electrons. The Kier molecular flexibility index (Phi) is 3.97. The molecular weight excluding hydrogens is 330 g/mol. The third-order valence-corrected chi connectivity index (χ3v) is 4.23. The van der Waals surface area contributed by atoms with Gasteiger partial charge in [-0.15, -0.1) is 0 Å². The van der Waals surface area contributed by atoms with Crippen LogP contribution in [0.5, 0.6) is 5.75 Å². The van der Waals surface area contributed by atoms with Crippen molar-refractivity contribution in [2.45, 2.75) is 19.3 Å². The largest absolute Gasteiger partial charge is 0.506 e. The molecule has 0 spiro atoms. The minimum atomic E-state index is 0.0237. The molecule has 3 nitrogen and oxygen atoms in total. The number of amides is 1. The Morgan fingerprint density at radius 1 is 1.24 bits per heavy atom. The van der Waals surface area contributed by atoms with E-state index in [9.17, 15) is 9.90 Å². The average Bonchev–Trinajstić information content (AvgIpc) is 2.47. The maximum absolute atomic E-state index is 12.6. The van der Waals surface area contributed by atoms with E-state index in [0.717, 1.165) is 28.4 Å². The van der Waals surface area contributed by atoms with E-state index in [2.05, 4.69) is 15.9 Å². The number of rotatable bonds is 2. The van der Waals surface area contributed by atoms with E-state index >= 15 is 0 Å². The van der Waals surface area contributed by atoms with Crippen LogP contribution in [0.15, 0.2) is 46.9 Å². The van der Waals surface area contributed by atoms with E-state index in [-0.39, 0.29) is 11.7 Å². The van der Waals surface area contributed by atoms with Gasteiger partial charge in [0, 0.05) is 11.0 Å². The molecule has 1 amide bonds. The second-order valence-corrected chi connectivity index (χ2v) is 6.16. The fourth-order valence-corrected chi connectivity index (χ4v) is 3.24. The second kappa shape index (κ2) is 5.90. The first kappa shape index (κ1) is 14.1. The Balaban J connectivity index is 1.87. The summed E-state index contributed by atoms with van der Waals surface area (Å²) in [5, 5.41) is 10.1. The number of para-hydroxylation sites is 1. The van der Waals surface area contributed by atoms with Crippen molar-refractivity contribution in [1.29, 1.82) is 0 Å². The molecule has 2 aromatic rings. The van der Waals surface area contributed by atoms with Crippen LogP contribution in [0.4, 0.5) is 5.69 Å². The zero-order valence-electron chi connectivity index (χ0n) is 11.6. The van der Waals surface area contributed by atoms with Crippen LogP contribution in [0, 0.1) is 0 Å². The smallest absolute Gasteiger partial charge is 0.231 e. The monoisotopic (exact) mass is 345 g/mol. The average molecular weight is 346 g/mol. The van der Waals surface area contributed by atoms with Crippen LogP contribution in [0.3, 0.4) is 0 Å². The number of nitrogens with zero attached hydrogens (tertiary/aromatic N) is 1. The molecule has 2 aromatic carbocycles. The van der Waals surface area contributed by atoms with Gasteiger partial charge in [-0.25, -0.2) is 0 Å². The molecule has 21 heavy (non-hydrogen) atoms. The summed E-state index contributed by atoms with van der Waals surface area (Å²) >= 11 is 3.42. The third kappa shape index (κ3) is 2.95. The summed E-state index contributed by atoms with van der Waals surface area (Å²) in [5.41, 5.74) is 2.70. The molecule has 1 N–H and O–H groups in total. The van der Waals surface area contributed by atoms with Crippen LogP contribution in [0.25, 0.3) is 0 Å². The van der Waals surface area contributed by atoms with E-state index in [1.54, 1.807) is 11.0 Å². The van der Waals surface area contributed by atoms with Gasteiger partial charge in [0.1, 0.15) is 5.75 Å². The van der Waals surface area contributed by atoms with Crippen molar-refractivity contribution in [1.82, 2.24) is 0 Å². The van der Waals surface area contributed by atoms with Gasteiger partial charge in [-0.1, -0.05) is 40.2 Å². The number of aromatic hydroxyl groups is 1. The van der Waals surface area contributed by atoms with E-state index in [4.69, 9.17) is 0 Å². The van der Waals surface area contributed by atoms with E-state index in [1.165, 1.54) is 0 Å². The van der Waals surface area contributed by atoms with Crippen LogP contribution in [-0.4, -0.2) is 17.6 Å². The topological polar surface area (TPSA) is 40.5 Å². The Hall–Kier alpha value is -1.81. The van der Waals surface area contributed by atoms with Crippen molar-refractivity contribution < 1.29 is 9.90 Å². The zero-order chi connectivity index (χ0) is 14.8. The van der Waals surface area contributed by atoms with Gasteiger partial charge >= 0.3 is 0 Å². The quantitative estimate of drug-likeness (QED) is 0.901. The number of phenols is 1. The summed E-state index contributed by atoms with van der Waals surface area (Å²) in [6, 6.07) is 13.2. The molecule has 0 unspecified atom stereocenters. The van der Waals surface area contributed by atoms with Gasteiger partial charge in [0.2, 0.25) is 5.91 Å². The number of phenolic OH excluding ortho intramolecular Hbond substituents is 1. The lowest BCUT2D eigenvalue weighted by molar-refractivity contribution is -0.118. The highest BCUT2D eigenvalue weighted by Gasteiger charge is 2.25. The van der Waals surface area contributed by atoms with Gasteiger partial charge in [0.25, 0.3) is 0 Å². The highest BCUT2D eigenvalue weighted by molar-refractivity contribution is 9.10. The Bertz CT molecular complexity index is 684. The SMILES string of the molecule is O=C(Cc1cccc(Br)c1)N1CCCc2cccc(O)c21. The number of carbonyl (C=O) groups excluding carboxylic acids is 1. The number of halogens is 1. The predicted molar refractivity (Wildman–Crippen MR) is 86.6 cm³/mol. The van der Waals surface area contributed by atoms with Gasteiger partial charge in [-0.2, -0.15) is 0 Å². The maximum Gasteiger partial charge on any atom is 0.231 e. The van der Waals surface area contributed by atoms with Gasteiger partial charge in [-0.3, -0.25) is 4.79 Å². The lowest BCUT2D eigenvalue weighted by Crippen LogP contribution is -2.36. The molecular formula is C17H16BrNO2. The Morgan fingerprint density at radius 2 is 2.05 bits per heavy atom. The summed E-state index contributed by atoms with van der Waals surface area (Å²) in [6.07, 6.45) is 2.18. The Morgan fingerprint density at radius 3 is 2.86 bits per heavy atom. The van der Waals surface area contributed by atoms with Crippen LogP contribution in [0.2, 0.25) is 0 Å². The molecule has 0 aromatic heterocycles. The highest BCUT2D eigenvalue weighted by Crippen LogP contribution is 2.35. The highest BCUT2D eigenvalue weighted by atomic mass is 79.9. The molecule has 0 aliphatic carbocycles. The fraction of sp³-hybridized carbons (Fsp3) is 0.235. The molecule has 0 radical (unpaired) electrons. The summed E-state index contributed by atoms with van der Waals surface area (Å²) in [7, 11) is 0. The lowest BCUT2D eigenvalue weighted by atomic mass is 10.00. The summed E-state index contributed by atoms with van der Waals surface area (Å²) in [4.78, 5) is 14.3. The van der Waals surface area contributed by atoms with Crippen molar-refractivity contribution in [2.24, 2.45) is 0 Å². The molecule has 0 atom stereocenters. The Labute approximate surface area is 132 Å². The molecule has 3 rings (SSSR count). The number of anilines is 1. The van der Waals surface area contributed by atoms with Crippen LogP contribution in [-0.2, 0) is 17.6 Å². The number of hydrogen-bond donors (Lipinski definition) is 1. The minimum Gasteiger partial charge on any atom is -0.506 e. The van der Waals surface area contributed by atoms with Crippen molar-refractivity contribution in [3.8, 4) is 5.75 Å². The first-order valence-electron chi connectivity index (χ1n) is 7.01. The van der Waals surface area contributed by atoms with Gasteiger partial charge in [-0.05, 0) is 42.2 Å². The van der Waals surface area contributed by atoms with Gasteiger partial charge in [0.05, 0.1) is 12.1 Å². The zero-order valence-corrected chi connectivity index (χ0v) is 13.1. The molecule has 0 bridgehead atoms. The molecule has 1 aliphatic heterocycles. The number of fused-ring (bicyclic) bond motifs is 1. The first-order valence-corrected chi connectivity index (χ1v) is 7.80. The predicted octanol–water partition coefficient (Wildman–Crippen LogP) is 3.68. The van der Waals surface area contributed by atoms with Crippen molar-refractivity contribution in [2.75, 3.05) is 11.4 Å². The standard InChI is InChI=1S/C17H16BrNO2/c18-14-7-1-4-12(10-14)11-16(21)19-9-3-6-13-5-2-8-15(20)17(13)19/h1-2,4-5,7-8,10,20H,3,6,9,11H2. The molecule has 1 heterocycles. The number of hydrogen-bond acceptors (Lipinski definition) is 2.